The van der Waals surface area contributed by atoms with Crippen LogP contribution in [0.5, 0.6) is 11.5 Å². The third-order valence-corrected chi connectivity index (χ3v) is 3.72. The zero-order valence-corrected chi connectivity index (χ0v) is 13.3. The largest absolute Gasteiger partial charge is 0.497 e. The van der Waals surface area contributed by atoms with E-state index in [1.807, 2.05) is 43.4 Å². The third kappa shape index (κ3) is 3.90. The van der Waals surface area contributed by atoms with Crippen molar-refractivity contribution in [2.24, 2.45) is 0 Å². The van der Waals surface area contributed by atoms with Crippen LogP contribution in [0, 0.1) is 0 Å². The van der Waals surface area contributed by atoms with E-state index in [9.17, 15) is 0 Å². The number of hydrogen-bond donors (Lipinski definition) is 1. The van der Waals surface area contributed by atoms with Gasteiger partial charge in [-0.3, -0.25) is 0 Å². The normalized spacial score (nSPS) is 12.0. The maximum Gasteiger partial charge on any atom is 0.123 e. The van der Waals surface area contributed by atoms with Crippen LogP contribution in [-0.4, -0.2) is 21.3 Å². The summed E-state index contributed by atoms with van der Waals surface area (Å²) in [6.07, 6.45) is 0.824. The van der Waals surface area contributed by atoms with Crippen LogP contribution in [0.2, 0.25) is 5.02 Å². The molecule has 0 radical (unpaired) electrons. The summed E-state index contributed by atoms with van der Waals surface area (Å²) in [4.78, 5) is 0. The van der Waals surface area contributed by atoms with Gasteiger partial charge in [0.25, 0.3) is 0 Å². The van der Waals surface area contributed by atoms with Crippen molar-refractivity contribution in [1.82, 2.24) is 5.32 Å². The van der Waals surface area contributed by atoms with Gasteiger partial charge in [0, 0.05) is 16.6 Å². The van der Waals surface area contributed by atoms with Crippen LogP contribution in [-0.2, 0) is 6.42 Å². The van der Waals surface area contributed by atoms with Gasteiger partial charge in [-0.05, 0) is 49.4 Å². The topological polar surface area (TPSA) is 30.5 Å². The molecule has 1 N–H and O–H groups in total. The zero-order chi connectivity index (χ0) is 15.2. The molecule has 2 aromatic carbocycles. The molecule has 0 spiro atoms. The summed E-state index contributed by atoms with van der Waals surface area (Å²) in [6.45, 7) is 0. The highest BCUT2D eigenvalue weighted by molar-refractivity contribution is 6.30. The SMILES string of the molecule is CNC(Cc1cccc(OC)c1)c1cc(Cl)ccc1OC. The molecule has 0 fully saturated rings. The van der Waals surface area contributed by atoms with E-state index in [0.717, 1.165) is 23.5 Å². The van der Waals surface area contributed by atoms with Gasteiger partial charge in [-0.1, -0.05) is 23.7 Å². The van der Waals surface area contributed by atoms with E-state index < -0.39 is 0 Å². The van der Waals surface area contributed by atoms with Gasteiger partial charge in [0.15, 0.2) is 0 Å². The number of halogens is 1. The number of hydrogen-bond acceptors (Lipinski definition) is 3. The first kappa shape index (κ1) is 15.7. The molecule has 112 valence electrons. The molecule has 0 aromatic heterocycles. The van der Waals surface area contributed by atoms with Crippen LogP contribution in [0.15, 0.2) is 42.5 Å². The van der Waals surface area contributed by atoms with Crippen molar-refractivity contribution in [1.29, 1.82) is 0 Å². The van der Waals surface area contributed by atoms with Crippen molar-refractivity contribution in [2.45, 2.75) is 12.5 Å². The molecule has 1 unspecified atom stereocenters. The molecule has 0 saturated heterocycles. The lowest BCUT2D eigenvalue weighted by Crippen LogP contribution is -2.19. The summed E-state index contributed by atoms with van der Waals surface area (Å²) in [5, 5.41) is 4.03. The molecule has 0 heterocycles. The highest BCUT2D eigenvalue weighted by Crippen LogP contribution is 2.30. The van der Waals surface area contributed by atoms with E-state index in [4.69, 9.17) is 21.1 Å². The molecule has 1 atom stereocenters. The first-order chi connectivity index (χ1) is 10.2. The Bertz CT molecular complexity index is 601. The molecule has 2 aromatic rings. The Morgan fingerprint density at radius 1 is 1.10 bits per heavy atom. The maximum atomic E-state index is 6.12. The Morgan fingerprint density at radius 3 is 2.57 bits per heavy atom. The van der Waals surface area contributed by atoms with Crippen molar-refractivity contribution in [3.63, 3.8) is 0 Å². The molecular formula is C17H20ClNO2. The van der Waals surface area contributed by atoms with Gasteiger partial charge in [0.2, 0.25) is 0 Å². The number of nitrogens with one attached hydrogen (secondary N) is 1. The minimum absolute atomic E-state index is 0.116. The molecule has 21 heavy (non-hydrogen) atoms. The molecule has 2 rings (SSSR count). The monoisotopic (exact) mass is 305 g/mol. The fourth-order valence-corrected chi connectivity index (χ4v) is 2.56. The Labute approximate surface area is 130 Å². The van der Waals surface area contributed by atoms with E-state index in [2.05, 4.69) is 11.4 Å². The van der Waals surface area contributed by atoms with Crippen LogP contribution in [0.25, 0.3) is 0 Å². The third-order valence-electron chi connectivity index (χ3n) is 3.49. The number of methoxy groups -OCH3 is 2. The summed E-state index contributed by atoms with van der Waals surface area (Å²) in [5.41, 5.74) is 2.24. The van der Waals surface area contributed by atoms with Gasteiger partial charge in [0.1, 0.15) is 11.5 Å². The average Bonchev–Trinajstić information content (AvgIpc) is 2.52. The molecule has 0 aliphatic rings. The van der Waals surface area contributed by atoms with Gasteiger partial charge in [0.05, 0.1) is 14.2 Å². The second-order valence-corrected chi connectivity index (χ2v) is 5.22. The van der Waals surface area contributed by atoms with Crippen LogP contribution in [0.3, 0.4) is 0 Å². The fraction of sp³-hybridized carbons (Fsp3) is 0.294. The quantitative estimate of drug-likeness (QED) is 0.879. The van der Waals surface area contributed by atoms with E-state index in [-0.39, 0.29) is 6.04 Å². The second kappa shape index (κ2) is 7.34. The molecule has 0 amide bonds. The van der Waals surface area contributed by atoms with Crippen molar-refractivity contribution in [3.05, 3.63) is 58.6 Å². The average molecular weight is 306 g/mol. The van der Waals surface area contributed by atoms with E-state index >= 15 is 0 Å². The summed E-state index contributed by atoms with van der Waals surface area (Å²) < 4.78 is 10.7. The Kier molecular flexibility index (Phi) is 5.48. The van der Waals surface area contributed by atoms with Crippen molar-refractivity contribution < 1.29 is 9.47 Å². The number of benzene rings is 2. The predicted molar refractivity (Wildman–Crippen MR) is 86.5 cm³/mol. The van der Waals surface area contributed by atoms with E-state index in [0.29, 0.717) is 5.02 Å². The van der Waals surface area contributed by atoms with E-state index in [1.54, 1.807) is 14.2 Å². The minimum Gasteiger partial charge on any atom is -0.497 e. The number of ether oxygens (including phenoxy) is 2. The maximum absolute atomic E-state index is 6.12. The first-order valence-electron chi connectivity index (χ1n) is 6.81. The molecule has 3 nitrogen and oxygen atoms in total. The van der Waals surface area contributed by atoms with Gasteiger partial charge >= 0.3 is 0 Å². The van der Waals surface area contributed by atoms with Crippen molar-refractivity contribution >= 4 is 11.6 Å². The molecule has 4 heteroatoms. The lowest BCUT2D eigenvalue weighted by molar-refractivity contribution is 0.400. The van der Waals surface area contributed by atoms with Crippen LogP contribution in [0.4, 0.5) is 0 Å². The van der Waals surface area contributed by atoms with Crippen molar-refractivity contribution in [2.75, 3.05) is 21.3 Å². The number of rotatable bonds is 6. The highest BCUT2D eigenvalue weighted by Gasteiger charge is 2.16. The number of likely N-dealkylation sites (N-methyl/N-ethyl adjacent to an activating group) is 1. The standard InChI is InChI=1S/C17H20ClNO2/c1-19-16(10-12-5-4-6-14(9-12)20-2)15-11-13(18)7-8-17(15)21-3/h4-9,11,16,19H,10H2,1-3H3. The molecule has 0 bridgehead atoms. The molecule has 0 aliphatic carbocycles. The molecular weight excluding hydrogens is 286 g/mol. The van der Waals surface area contributed by atoms with Gasteiger partial charge in [-0.2, -0.15) is 0 Å². The highest BCUT2D eigenvalue weighted by atomic mass is 35.5. The second-order valence-electron chi connectivity index (χ2n) is 4.78. The van der Waals surface area contributed by atoms with Crippen LogP contribution < -0.4 is 14.8 Å². The molecule has 0 saturated carbocycles. The van der Waals surface area contributed by atoms with Gasteiger partial charge in [-0.25, -0.2) is 0 Å². The zero-order valence-electron chi connectivity index (χ0n) is 12.5. The lowest BCUT2D eigenvalue weighted by Gasteiger charge is -2.20. The minimum atomic E-state index is 0.116. The van der Waals surface area contributed by atoms with Crippen LogP contribution >= 0.6 is 11.6 Å². The van der Waals surface area contributed by atoms with Crippen LogP contribution in [0.1, 0.15) is 17.2 Å². The van der Waals surface area contributed by atoms with Gasteiger partial charge < -0.3 is 14.8 Å². The first-order valence-corrected chi connectivity index (χ1v) is 7.19. The van der Waals surface area contributed by atoms with Crippen molar-refractivity contribution in [3.8, 4) is 11.5 Å². The molecule has 0 aliphatic heterocycles. The Morgan fingerprint density at radius 2 is 1.90 bits per heavy atom. The summed E-state index contributed by atoms with van der Waals surface area (Å²) in [7, 11) is 5.28. The fourth-order valence-electron chi connectivity index (χ4n) is 2.38. The smallest absolute Gasteiger partial charge is 0.123 e. The summed E-state index contributed by atoms with van der Waals surface area (Å²) in [6, 6.07) is 13.9. The summed E-state index contributed by atoms with van der Waals surface area (Å²) >= 11 is 6.12. The summed E-state index contributed by atoms with van der Waals surface area (Å²) in [5.74, 6) is 1.70. The Balaban J connectivity index is 2.29. The Hall–Kier alpha value is -1.71. The predicted octanol–water partition coefficient (Wildman–Crippen LogP) is 3.86. The lowest BCUT2D eigenvalue weighted by atomic mass is 9.98. The van der Waals surface area contributed by atoms with E-state index in [1.165, 1.54) is 5.56 Å². The van der Waals surface area contributed by atoms with Gasteiger partial charge in [-0.15, -0.1) is 0 Å².